The zero-order valence-electron chi connectivity index (χ0n) is 11.5. The Labute approximate surface area is 109 Å². The molecule has 5 atom stereocenters. The Kier molecular flexibility index (Phi) is 2.59. The number of hydrogen-bond acceptors (Lipinski definition) is 3. The maximum atomic E-state index is 10.3. The van der Waals surface area contributed by atoms with Crippen molar-refractivity contribution < 1.29 is 14.9 Å². The molecule has 3 aliphatic rings. The fraction of sp³-hybridized carbons (Fsp3) is 0.867. The lowest BCUT2D eigenvalue weighted by Gasteiger charge is -2.57. The third kappa shape index (κ3) is 1.44. The van der Waals surface area contributed by atoms with E-state index >= 15 is 0 Å². The fourth-order valence-corrected chi connectivity index (χ4v) is 4.76. The Bertz CT molecular complexity index is 387. The molecule has 102 valence electrons. The Balaban J connectivity index is 2.03. The van der Waals surface area contributed by atoms with Gasteiger partial charge in [-0.3, -0.25) is 0 Å². The van der Waals surface area contributed by atoms with E-state index in [1.165, 1.54) is 0 Å². The van der Waals surface area contributed by atoms with E-state index in [1.807, 2.05) is 0 Å². The van der Waals surface area contributed by atoms with Crippen molar-refractivity contribution in [3.05, 3.63) is 11.8 Å². The average molecular weight is 252 g/mol. The highest BCUT2D eigenvalue weighted by Gasteiger charge is 2.59. The van der Waals surface area contributed by atoms with Crippen LogP contribution in [0.2, 0.25) is 0 Å². The molecule has 0 aromatic heterocycles. The number of rotatable bonds is 0. The van der Waals surface area contributed by atoms with Crippen LogP contribution in [-0.2, 0) is 4.74 Å². The van der Waals surface area contributed by atoms with Crippen LogP contribution < -0.4 is 0 Å². The van der Waals surface area contributed by atoms with Gasteiger partial charge < -0.3 is 14.9 Å². The minimum absolute atomic E-state index is 0.0583. The van der Waals surface area contributed by atoms with Gasteiger partial charge in [-0.05, 0) is 42.1 Å². The van der Waals surface area contributed by atoms with Crippen molar-refractivity contribution in [2.75, 3.05) is 6.61 Å². The predicted octanol–water partition coefficient (Wildman–Crippen LogP) is 2.08. The Hall–Kier alpha value is -0.540. The molecule has 3 heteroatoms. The van der Waals surface area contributed by atoms with E-state index in [4.69, 9.17) is 4.74 Å². The van der Waals surface area contributed by atoms with E-state index in [2.05, 4.69) is 26.8 Å². The second kappa shape index (κ2) is 3.73. The van der Waals surface area contributed by atoms with Crippen LogP contribution in [0.5, 0.6) is 0 Å². The summed E-state index contributed by atoms with van der Waals surface area (Å²) in [5.74, 6) is 1.54. The second-order valence-electron chi connectivity index (χ2n) is 7.13. The molecule has 2 N–H and O–H groups in total. The fourth-order valence-electron chi connectivity index (χ4n) is 4.76. The van der Waals surface area contributed by atoms with E-state index in [-0.39, 0.29) is 29.0 Å². The van der Waals surface area contributed by atoms with Crippen molar-refractivity contribution in [1.82, 2.24) is 0 Å². The van der Waals surface area contributed by atoms with Crippen LogP contribution >= 0.6 is 0 Å². The van der Waals surface area contributed by atoms with Crippen molar-refractivity contribution in [3.63, 3.8) is 0 Å². The molecule has 1 saturated carbocycles. The van der Waals surface area contributed by atoms with Gasteiger partial charge in [0, 0.05) is 0 Å². The number of allylic oxidation sites excluding steroid dienone is 1. The Morgan fingerprint density at radius 2 is 2.00 bits per heavy atom. The summed E-state index contributed by atoms with van der Waals surface area (Å²) >= 11 is 0. The Morgan fingerprint density at radius 1 is 1.28 bits per heavy atom. The molecule has 0 amide bonds. The lowest BCUT2D eigenvalue weighted by Crippen LogP contribution is -2.55. The standard InChI is InChI=1S/C15H24O3/c1-14(2)11-5-4-10-13(9(16)8-18-10)15(11,3)7-6-12(14)17/h4,9,11-13,16-17H,5-8H2,1-3H3/t9-,11+,12+,13+,15+/m1/s1. The van der Waals surface area contributed by atoms with E-state index in [0.29, 0.717) is 12.5 Å². The van der Waals surface area contributed by atoms with Gasteiger partial charge in [0.25, 0.3) is 0 Å². The summed E-state index contributed by atoms with van der Waals surface area (Å²) in [6, 6.07) is 0. The predicted molar refractivity (Wildman–Crippen MR) is 68.8 cm³/mol. The third-order valence-corrected chi connectivity index (χ3v) is 5.89. The van der Waals surface area contributed by atoms with Gasteiger partial charge in [-0.15, -0.1) is 0 Å². The summed E-state index contributed by atoms with van der Waals surface area (Å²) in [7, 11) is 0. The summed E-state index contributed by atoms with van der Waals surface area (Å²) in [5, 5.41) is 20.5. The zero-order chi connectivity index (χ0) is 13.1. The molecule has 0 aromatic carbocycles. The van der Waals surface area contributed by atoms with Crippen molar-refractivity contribution in [2.45, 2.75) is 52.2 Å². The summed E-state index contributed by atoms with van der Waals surface area (Å²) in [6.07, 6.45) is 4.30. The molecular formula is C15H24O3. The SMILES string of the molecule is CC1(C)[C@@H](O)CC[C@]2(C)[C@@H]3C(=CC[C@@H]12)OC[C@H]3O. The first-order valence-corrected chi connectivity index (χ1v) is 7.06. The van der Waals surface area contributed by atoms with E-state index in [1.54, 1.807) is 0 Å². The van der Waals surface area contributed by atoms with Crippen LogP contribution in [0.3, 0.4) is 0 Å². The molecule has 1 saturated heterocycles. The number of fused-ring (bicyclic) bond motifs is 3. The molecule has 3 rings (SSSR count). The lowest BCUT2D eigenvalue weighted by molar-refractivity contribution is -0.127. The van der Waals surface area contributed by atoms with Crippen molar-refractivity contribution in [1.29, 1.82) is 0 Å². The highest BCUT2D eigenvalue weighted by atomic mass is 16.5. The van der Waals surface area contributed by atoms with Gasteiger partial charge in [-0.1, -0.05) is 20.8 Å². The van der Waals surface area contributed by atoms with E-state index < -0.39 is 0 Å². The molecule has 0 unspecified atom stereocenters. The second-order valence-corrected chi connectivity index (χ2v) is 7.13. The molecule has 18 heavy (non-hydrogen) atoms. The number of aliphatic hydroxyl groups excluding tert-OH is 2. The minimum Gasteiger partial charge on any atom is -0.495 e. The number of ether oxygens (including phenoxy) is 1. The van der Waals surface area contributed by atoms with Gasteiger partial charge in [-0.2, -0.15) is 0 Å². The van der Waals surface area contributed by atoms with Crippen LogP contribution in [0.1, 0.15) is 40.0 Å². The molecule has 0 spiro atoms. The zero-order valence-corrected chi connectivity index (χ0v) is 11.5. The molecule has 2 aliphatic carbocycles. The van der Waals surface area contributed by atoms with Gasteiger partial charge in [0.2, 0.25) is 0 Å². The molecule has 0 aromatic rings. The number of aliphatic hydroxyl groups is 2. The molecule has 1 aliphatic heterocycles. The largest absolute Gasteiger partial charge is 0.495 e. The normalized spacial score (nSPS) is 49.9. The molecule has 3 nitrogen and oxygen atoms in total. The highest BCUT2D eigenvalue weighted by molar-refractivity contribution is 5.20. The number of hydrogen-bond donors (Lipinski definition) is 2. The molecule has 2 fully saturated rings. The monoisotopic (exact) mass is 252 g/mol. The van der Waals surface area contributed by atoms with E-state index in [0.717, 1.165) is 25.0 Å². The van der Waals surface area contributed by atoms with Gasteiger partial charge in [0.05, 0.1) is 23.9 Å². The summed E-state index contributed by atoms with van der Waals surface area (Å²) in [6.45, 7) is 7.05. The third-order valence-electron chi connectivity index (χ3n) is 5.89. The average Bonchev–Trinajstić information content (AvgIpc) is 2.68. The Morgan fingerprint density at radius 3 is 2.72 bits per heavy atom. The van der Waals surface area contributed by atoms with Crippen molar-refractivity contribution >= 4 is 0 Å². The molecule has 0 radical (unpaired) electrons. The van der Waals surface area contributed by atoms with Crippen LogP contribution in [-0.4, -0.2) is 29.0 Å². The smallest absolute Gasteiger partial charge is 0.114 e. The first-order valence-electron chi connectivity index (χ1n) is 7.06. The minimum atomic E-state index is -0.380. The first kappa shape index (κ1) is 12.5. The topological polar surface area (TPSA) is 49.7 Å². The maximum absolute atomic E-state index is 10.3. The first-order chi connectivity index (χ1) is 8.37. The molecule has 0 bridgehead atoms. The maximum Gasteiger partial charge on any atom is 0.114 e. The van der Waals surface area contributed by atoms with Gasteiger partial charge >= 0.3 is 0 Å². The highest BCUT2D eigenvalue weighted by Crippen LogP contribution is 2.61. The summed E-state index contributed by atoms with van der Waals surface area (Å²) in [4.78, 5) is 0. The van der Waals surface area contributed by atoms with E-state index in [9.17, 15) is 10.2 Å². The van der Waals surface area contributed by atoms with Crippen molar-refractivity contribution in [3.8, 4) is 0 Å². The van der Waals surface area contributed by atoms with Gasteiger partial charge in [-0.25, -0.2) is 0 Å². The molecule has 1 heterocycles. The lowest BCUT2D eigenvalue weighted by atomic mass is 9.48. The van der Waals surface area contributed by atoms with Crippen LogP contribution in [0.25, 0.3) is 0 Å². The summed E-state index contributed by atoms with van der Waals surface area (Å²) in [5.41, 5.74) is -0.0277. The van der Waals surface area contributed by atoms with Crippen molar-refractivity contribution in [2.24, 2.45) is 22.7 Å². The molecular weight excluding hydrogens is 228 g/mol. The van der Waals surface area contributed by atoms with Gasteiger partial charge in [0.1, 0.15) is 6.61 Å². The van der Waals surface area contributed by atoms with Gasteiger partial charge in [0.15, 0.2) is 0 Å². The van der Waals surface area contributed by atoms with Crippen LogP contribution in [0, 0.1) is 22.7 Å². The summed E-state index contributed by atoms with van der Waals surface area (Å²) < 4.78 is 5.63. The quantitative estimate of drug-likeness (QED) is 0.694. The van der Waals surface area contributed by atoms with Crippen LogP contribution in [0.15, 0.2) is 11.8 Å². The van der Waals surface area contributed by atoms with Crippen LogP contribution in [0.4, 0.5) is 0 Å².